The molecule has 33 heavy (non-hydrogen) atoms. The molecule has 3 aromatic heterocycles. The van der Waals surface area contributed by atoms with Crippen molar-refractivity contribution in [3.05, 3.63) is 69.4 Å². The van der Waals surface area contributed by atoms with Crippen LogP contribution in [-0.4, -0.2) is 35.6 Å². The maximum atomic E-state index is 15.5. The fraction of sp³-hybridized carbons (Fsp3) is 0.318. The van der Waals surface area contributed by atoms with Gasteiger partial charge in [0.15, 0.2) is 22.6 Å². The van der Waals surface area contributed by atoms with E-state index >= 15 is 4.39 Å². The van der Waals surface area contributed by atoms with Crippen molar-refractivity contribution in [1.29, 1.82) is 0 Å². The van der Waals surface area contributed by atoms with E-state index in [9.17, 15) is 4.79 Å². The second-order valence-corrected chi connectivity index (χ2v) is 7.84. The minimum atomic E-state index is -0.808. The molecular weight excluding hydrogens is 451 g/mol. The molecule has 0 unspecified atom stereocenters. The lowest BCUT2D eigenvalue weighted by Crippen LogP contribution is -2.25. The van der Waals surface area contributed by atoms with Gasteiger partial charge in [0, 0.05) is 6.54 Å². The van der Waals surface area contributed by atoms with Crippen LogP contribution in [0.3, 0.4) is 0 Å². The Hall–Kier alpha value is -3.37. The quantitative estimate of drug-likeness (QED) is 0.385. The lowest BCUT2D eigenvalue weighted by molar-refractivity contribution is 0.0989. The molecule has 0 aliphatic heterocycles. The molecule has 11 heteroatoms. The summed E-state index contributed by atoms with van der Waals surface area (Å²) in [5.41, 5.74) is 0.434. The first-order valence-electron chi connectivity index (χ1n) is 10.4. The van der Waals surface area contributed by atoms with E-state index in [1.165, 1.54) is 10.8 Å². The van der Waals surface area contributed by atoms with Crippen molar-refractivity contribution in [3.8, 4) is 11.7 Å². The largest absolute Gasteiger partial charge is 0.474 e. The molecule has 9 nitrogen and oxygen atoms in total. The van der Waals surface area contributed by atoms with Crippen molar-refractivity contribution < 1.29 is 13.9 Å². The highest BCUT2D eigenvalue weighted by molar-refractivity contribution is 6.34. The minimum Gasteiger partial charge on any atom is -0.474 e. The van der Waals surface area contributed by atoms with Gasteiger partial charge < -0.3 is 9.47 Å². The Labute approximate surface area is 193 Å². The fourth-order valence-electron chi connectivity index (χ4n) is 3.34. The summed E-state index contributed by atoms with van der Waals surface area (Å²) >= 11 is 6.14. The van der Waals surface area contributed by atoms with Gasteiger partial charge in [0.1, 0.15) is 6.61 Å². The van der Waals surface area contributed by atoms with Crippen LogP contribution in [0.5, 0.6) is 5.88 Å². The lowest BCUT2D eigenvalue weighted by Gasteiger charge is -2.14. The zero-order chi connectivity index (χ0) is 23.5. The highest BCUT2D eigenvalue weighted by atomic mass is 35.5. The minimum absolute atomic E-state index is 0.0236. The van der Waals surface area contributed by atoms with Crippen molar-refractivity contribution >= 4 is 22.4 Å². The molecule has 0 amide bonds. The first-order valence-corrected chi connectivity index (χ1v) is 10.8. The summed E-state index contributed by atoms with van der Waals surface area (Å²) in [5, 5.41) is 11.9. The normalized spacial score (nSPS) is 11.5. The van der Waals surface area contributed by atoms with Gasteiger partial charge in [0.25, 0.3) is 0 Å². The smallest absolute Gasteiger partial charge is 0.352 e. The van der Waals surface area contributed by atoms with Gasteiger partial charge in [-0.3, -0.25) is 4.57 Å². The Morgan fingerprint density at radius 2 is 1.94 bits per heavy atom. The van der Waals surface area contributed by atoms with E-state index in [1.807, 2.05) is 30.3 Å². The Morgan fingerprint density at radius 3 is 2.64 bits per heavy atom. The SMILES string of the molecule is CCn1c(COCc2ccccc2)nn(-c2nc(OC(C)C)c3c(Cl)nncc3c2F)c1=O. The number of rotatable bonds is 8. The van der Waals surface area contributed by atoms with E-state index in [1.54, 1.807) is 20.8 Å². The van der Waals surface area contributed by atoms with Gasteiger partial charge in [-0.05, 0) is 26.3 Å². The van der Waals surface area contributed by atoms with Gasteiger partial charge in [-0.15, -0.1) is 10.2 Å². The average molecular weight is 473 g/mol. The molecule has 4 aromatic rings. The average Bonchev–Trinajstić information content (AvgIpc) is 3.11. The van der Waals surface area contributed by atoms with Crippen LogP contribution in [0.1, 0.15) is 32.2 Å². The summed E-state index contributed by atoms with van der Waals surface area (Å²) < 4.78 is 29.2. The monoisotopic (exact) mass is 472 g/mol. The molecule has 0 saturated carbocycles. The van der Waals surface area contributed by atoms with Crippen molar-refractivity contribution in [2.45, 2.75) is 46.6 Å². The first-order chi connectivity index (χ1) is 15.9. The van der Waals surface area contributed by atoms with Crippen LogP contribution in [0, 0.1) is 5.82 Å². The van der Waals surface area contributed by atoms with Crippen LogP contribution >= 0.6 is 11.6 Å². The molecular formula is C22H22ClFN6O3. The second-order valence-electron chi connectivity index (χ2n) is 7.48. The van der Waals surface area contributed by atoms with E-state index < -0.39 is 11.5 Å². The highest BCUT2D eigenvalue weighted by Crippen LogP contribution is 2.33. The van der Waals surface area contributed by atoms with E-state index in [2.05, 4.69) is 20.3 Å². The number of nitrogens with zero attached hydrogens (tertiary/aromatic N) is 6. The maximum absolute atomic E-state index is 15.5. The topological polar surface area (TPSA) is 97.0 Å². The summed E-state index contributed by atoms with van der Waals surface area (Å²) in [5.74, 6) is -0.741. The van der Waals surface area contributed by atoms with Crippen LogP contribution in [0.4, 0.5) is 4.39 Å². The van der Waals surface area contributed by atoms with Crippen LogP contribution in [0.15, 0.2) is 41.3 Å². The van der Waals surface area contributed by atoms with Crippen LogP contribution in [0.25, 0.3) is 16.6 Å². The van der Waals surface area contributed by atoms with E-state index in [0.29, 0.717) is 19.0 Å². The summed E-state index contributed by atoms with van der Waals surface area (Å²) in [6.45, 7) is 6.11. The second kappa shape index (κ2) is 9.63. The van der Waals surface area contributed by atoms with Crippen molar-refractivity contribution in [2.75, 3.05) is 0 Å². The summed E-state index contributed by atoms with van der Waals surface area (Å²) in [4.78, 5) is 17.3. The molecule has 0 aliphatic carbocycles. The van der Waals surface area contributed by atoms with Crippen LogP contribution in [-0.2, 0) is 24.5 Å². The molecule has 172 valence electrons. The lowest BCUT2D eigenvalue weighted by atomic mass is 10.2. The Kier molecular flexibility index (Phi) is 6.66. The van der Waals surface area contributed by atoms with Gasteiger partial charge in [-0.25, -0.2) is 9.18 Å². The first kappa shape index (κ1) is 22.8. The molecule has 0 radical (unpaired) electrons. The Balaban J connectivity index is 1.76. The van der Waals surface area contributed by atoms with E-state index in [0.717, 1.165) is 10.2 Å². The van der Waals surface area contributed by atoms with Gasteiger partial charge in [-0.2, -0.15) is 14.8 Å². The standard InChI is InChI=1S/C22H22ClFN6O3/c1-4-29-16(12-32-11-14-8-6-5-7-9-14)28-30(22(29)31)20-18(24)15-10-25-27-19(23)17(15)21(26-20)33-13(2)3/h5-10,13H,4,11-12H2,1-3H3. The molecule has 0 bridgehead atoms. The molecule has 3 heterocycles. The number of benzene rings is 1. The van der Waals surface area contributed by atoms with Gasteiger partial charge in [0.2, 0.25) is 5.88 Å². The molecule has 0 fully saturated rings. The maximum Gasteiger partial charge on any atom is 0.352 e. The number of ether oxygens (including phenoxy) is 2. The summed E-state index contributed by atoms with van der Waals surface area (Å²) in [7, 11) is 0. The van der Waals surface area contributed by atoms with Crippen LogP contribution < -0.4 is 10.4 Å². The number of hydrogen-bond acceptors (Lipinski definition) is 7. The molecule has 1 aromatic carbocycles. The van der Waals surface area contributed by atoms with E-state index in [-0.39, 0.29) is 40.3 Å². The van der Waals surface area contributed by atoms with Crippen molar-refractivity contribution in [1.82, 2.24) is 29.5 Å². The highest BCUT2D eigenvalue weighted by Gasteiger charge is 2.24. The fourth-order valence-corrected chi connectivity index (χ4v) is 3.56. The molecule has 0 aliphatic rings. The third-order valence-corrected chi connectivity index (χ3v) is 5.07. The molecule has 0 spiro atoms. The zero-order valence-corrected chi connectivity index (χ0v) is 19.1. The Morgan fingerprint density at radius 1 is 1.18 bits per heavy atom. The molecule has 0 atom stereocenters. The number of aromatic nitrogens is 6. The van der Waals surface area contributed by atoms with Gasteiger partial charge >= 0.3 is 5.69 Å². The summed E-state index contributed by atoms with van der Waals surface area (Å²) in [6.07, 6.45) is 0.927. The van der Waals surface area contributed by atoms with Gasteiger partial charge in [0.05, 0.1) is 29.7 Å². The van der Waals surface area contributed by atoms with Crippen molar-refractivity contribution in [2.24, 2.45) is 0 Å². The van der Waals surface area contributed by atoms with Gasteiger partial charge in [-0.1, -0.05) is 41.9 Å². The number of hydrogen-bond donors (Lipinski definition) is 0. The van der Waals surface area contributed by atoms with Crippen LogP contribution in [0.2, 0.25) is 5.15 Å². The predicted octanol–water partition coefficient (Wildman–Crippen LogP) is 3.69. The predicted molar refractivity (Wildman–Crippen MR) is 120 cm³/mol. The van der Waals surface area contributed by atoms with Crippen molar-refractivity contribution in [3.63, 3.8) is 0 Å². The third-order valence-electron chi connectivity index (χ3n) is 4.81. The summed E-state index contributed by atoms with van der Waals surface area (Å²) in [6, 6.07) is 9.61. The number of pyridine rings is 1. The van der Waals surface area contributed by atoms with E-state index in [4.69, 9.17) is 21.1 Å². The molecule has 0 saturated heterocycles. The number of fused-ring (bicyclic) bond motifs is 1. The number of halogens is 2. The third kappa shape index (κ3) is 4.57. The molecule has 0 N–H and O–H groups in total. The zero-order valence-electron chi connectivity index (χ0n) is 18.3. The molecule has 4 rings (SSSR count). The Bertz CT molecular complexity index is 1340.